The van der Waals surface area contributed by atoms with Crippen molar-refractivity contribution in [2.24, 2.45) is 0 Å². The van der Waals surface area contributed by atoms with Crippen molar-refractivity contribution in [2.45, 2.75) is 13.3 Å². The lowest BCUT2D eigenvalue weighted by molar-refractivity contribution is -0.110. The van der Waals surface area contributed by atoms with Gasteiger partial charge in [0.05, 0.1) is 0 Å². The molecular formula is C17H14BrNO. The van der Waals surface area contributed by atoms with Gasteiger partial charge >= 0.3 is 0 Å². The van der Waals surface area contributed by atoms with Crippen LogP contribution in [0.15, 0.2) is 46.9 Å². The number of rotatable bonds is 2. The number of benzene rings is 2. The third-order valence-electron chi connectivity index (χ3n) is 3.46. The van der Waals surface area contributed by atoms with E-state index in [2.05, 4.69) is 52.4 Å². The highest BCUT2D eigenvalue weighted by Gasteiger charge is 2.23. The van der Waals surface area contributed by atoms with E-state index >= 15 is 0 Å². The molecule has 0 aliphatic carbocycles. The first-order valence-corrected chi connectivity index (χ1v) is 7.38. The lowest BCUT2D eigenvalue weighted by atomic mass is 10.0. The number of fused-ring (bicyclic) bond motifs is 1. The summed E-state index contributed by atoms with van der Waals surface area (Å²) in [4.78, 5) is 12.1. The van der Waals surface area contributed by atoms with Gasteiger partial charge in [-0.2, -0.15) is 0 Å². The van der Waals surface area contributed by atoms with Crippen LogP contribution in [0.5, 0.6) is 0 Å². The second kappa shape index (κ2) is 5.25. The van der Waals surface area contributed by atoms with E-state index in [-0.39, 0.29) is 5.91 Å². The molecule has 0 fully saturated rings. The molecule has 1 aliphatic heterocycles. The summed E-state index contributed by atoms with van der Waals surface area (Å²) in [7, 11) is 0. The molecule has 20 heavy (non-hydrogen) atoms. The molecule has 0 radical (unpaired) electrons. The third-order valence-corrected chi connectivity index (χ3v) is 3.96. The predicted molar refractivity (Wildman–Crippen MR) is 86.5 cm³/mol. The molecule has 2 aromatic carbocycles. The van der Waals surface area contributed by atoms with Crippen molar-refractivity contribution in [2.75, 3.05) is 5.32 Å². The van der Waals surface area contributed by atoms with Gasteiger partial charge in [0.2, 0.25) is 0 Å². The molecule has 3 heteroatoms. The fraction of sp³-hybridized carbons (Fsp3) is 0.118. The standard InChI is InChI=1S/C17H14BrNO/c1-2-11-3-5-12(6-4-11)9-15-14-10-13(18)7-8-16(14)19-17(15)20/h3-10H,2H2,1H3,(H,19,20). The predicted octanol–water partition coefficient (Wildman–Crippen LogP) is 4.50. The Morgan fingerprint density at radius 1 is 1.15 bits per heavy atom. The minimum atomic E-state index is -0.0438. The van der Waals surface area contributed by atoms with E-state index in [1.807, 2.05) is 24.3 Å². The van der Waals surface area contributed by atoms with E-state index in [1.54, 1.807) is 0 Å². The first kappa shape index (κ1) is 13.1. The molecule has 0 saturated carbocycles. The molecule has 1 amide bonds. The largest absolute Gasteiger partial charge is 0.321 e. The van der Waals surface area contributed by atoms with Crippen molar-refractivity contribution in [3.63, 3.8) is 0 Å². The van der Waals surface area contributed by atoms with E-state index in [1.165, 1.54) is 5.56 Å². The van der Waals surface area contributed by atoms with E-state index in [4.69, 9.17) is 0 Å². The molecule has 0 aromatic heterocycles. The van der Waals surface area contributed by atoms with Crippen LogP contribution in [-0.4, -0.2) is 5.91 Å². The summed E-state index contributed by atoms with van der Waals surface area (Å²) in [6.45, 7) is 2.13. The Labute approximate surface area is 126 Å². The summed E-state index contributed by atoms with van der Waals surface area (Å²) in [6, 6.07) is 14.1. The van der Waals surface area contributed by atoms with Crippen molar-refractivity contribution >= 4 is 39.2 Å². The fourth-order valence-electron chi connectivity index (χ4n) is 2.32. The van der Waals surface area contributed by atoms with E-state index in [9.17, 15) is 4.79 Å². The zero-order chi connectivity index (χ0) is 14.1. The summed E-state index contributed by atoms with van der Waals surface area (Å²) < 4.78 is 0.972. The number of nitrogens with one attached hydrogen (secondary N) is 1. The Bertz CT molecular complexity index is 701. The smallest absolute Gasteiger partial charge is 0.256 e. The minimum absolute atomic E-state index is 0.0438. The second-order valence-electron chi connectivity index (χ2n) is 4.80. The summed E-state index contributed by atoms with van der Waals surface area (Å²) in [5.41, 5.74) is 4.87. The molecule has 1 N–H and O–H groups in total. The molecule has 2 aromatic rings. The first-order valence-electron chi connectivity index (χ1n) is 6.59. The highest BCUT2D eigenvalue weighted by molar-refractivity contribution is 9.10. The Kier molecular flexibility index (Phi) is 3.45. The molecule has 100 valence electrons. The van der Waals surface area contributed by atoms with Crippen molar-refractivity contribution in [3.05, 3.63) is 63.6 Å². The Balaban J connectivity index is 2.03. The number of amides is 1. The normalized spacial score (nSPS) is 15.3. The van der Waals surface area contributed by atoms with Crippen molar-refractivity contribution in [3.8, 4) is 0 Å². The summed E-state index contributed by atoms with van der Waals surface area (Å²) in [6.07, 6.45) is 2.96. The second-order valence-corrected chi connectivity index (χ2v) is 5.71. The lowest BCUT2D eigenvalue weighted by Gasteiger charge is -2.01. The van der Waals surface area contributed by atoms with Crippen LogP contribution < -0.4 is 5.32 Å². The number of aryl methyl sites for hydroxylation is 1. The lowest BCUT2D eigenvalue weighted by Crippen LogP contribution is -2.03. The zero-order valence-corrected chi connectivity index (χ0v) is 12.7. The number of carbonyl (C=O) groups is 1. The molecule has 0 atom stereocenters. The Morgan fingerprint density at radius 2 is 1.90 bits per heavy atom. The summed E-state index contributed by atoms with van der Waals surface area (Å²) in [5, 5.41) is 2.89. The minimum Gasteiger partial charge on any atom is -0.321 e. The molecule has 0 spiro atoms. The van der Waals surface area contributed by atoms with Gasteiger partial charge in [0, 0.05) is 21.3 Å². The van der Waals surface area contributed by atoms with Crippen LogP contribution in [0.2, 0.25) is 0 Å². The maximum absolute atomic E-state index is 12.1. The molecule has 0 unspecified atom stereocenters. The van der Waals surface area contributed by atoms with E-state index in [0.717, 1.165) is 27.7 Å². The first-order chi connectivity index (χ1) is 9.67. The zero-order valence-electron chi connectivity index (χ0n) is 11.1. The average Bonchev–Trinajstić information content (AvgIpc) is 2.76. The highest BCUT2D eigenvalue weighted by atomic mass is 79.9. The van der Waals surface area contributed by atoms with E-state index < -0.39 is 0 Å². The molecule has 0 saturated heterocycles. The summed E-state index contributed by atoms with van der Waals surface area (Å²) >= 11 is 3.45. The van der Waals surface area contributed by atoms with Gasteiger partial charge in [0.25, 0.3) is 5.91 Å². The molecule has 1 heterocycles. The number of carbonyl (C=O) groups excluding carboxylic acids is 1. The molecule has 0 bridgehead atoms. The number of anilines is 1. The molecule has 3 rings (SSSR count). The molecular weight excluding hydrogens is 314 g/mol. The van der Waals surface area contributed by atoms with Gasteiger partial charge in [-0.15, -0.1) is 0 Å². The van der Waals surface area contributed by atoms with E-state index in [0.29, 0.717) is 5.57 Å². The Morgan fingerprint density at radius 3 is 2.60 bits per heavy atom. The van der Waals surface area contributed by atoms with Gasteiger partial charge in [0.1, 0.15) is 0 Å². The van der Waals surface area contributed by atoms with Gasteiger partial charge < -0.3 is 5.32 Å². The maximum Gasteiger partial charge on any atom is 0.256 e. The van der Waals surface area contributed by atoms with Gasteiger partial charge in [0.15, 0.2) is 0 Å². The maximum atomic E-state index is 12.1. The monoisotopic (exact) mass is 327 g/mol. The van der Waals surface area contributed by atoms with Crippen LogP contribution >= 0.6 is 15.9 Å². The number of hydrogen-bond acceptors (Lipinski definition) is 1. The summed E-state index contributed by atoms with van der Waals surface area (Å²) in [5.74, 6) is -0.0438. The SMILES string of the molecule is CCc1ccc(C=C2C(=O)Nc3ccc(Br)cc32)cc1. The fourth-order valence-corrected chi connectivity index (χ4v) is 2.68. The number of hydrogen-bond donors (Lipinski definition) is 1. The number of halogens is 1. The van der Waals surface area contributed by atoms with Gasteiger partial charge in [-0.3, -0.25) is 4.79 Å². The van der Waals surface area contributed by atoms with Crippen molar-refractivity contribution < 1.29 is 4.79 Å². The Hall–Kier alpha value is -1.87. The van der Waals surface area contributed by atoms with Crippen LogP contribution in [0.4, 0.5) is 5.69 Å². The topological polar surface area (TPSA) is 29.1 Å². The molecule has 1 aliphatic rings. The third kappa shape index (κ3) is 2.41. The molecule has 2 nitrogen and oxygen atoms in total. The highest BCUT2D eigenvalue weighted by Crippen LogP contribution is 2.34. The van der Waals surface area contributed by atoms with Crippen molar-refractivity contribution in [1.29, 1.82) is 0 Å². The van der Waals surface area contributed by atoms with Gasteiger partial charge in [-0.1, -0.05) is 47.1 Å². The van der Waals surface area contributed by atoms with Crippen molar-refractivity contribution in [1.82, 2.24) is 0 Å². The van der Waals surface area contributed by atoms with Crippen LogP contribution in [0.1, 0.15) is 23.6 Å². The quantitative estimate of drug-likeness (QED) is 0.808. The van der Waals surface area contributed by atoms with Gasteiger partial charge in [-0.25, -0.2) is 0 Å². The van der Waals surface area contributed by atoms with Crippen LogP contribution in [0, 0.1) is 0 Å². The average molecular weight is 328 g/mol. The van der Waals surface area contributed by atoms with Crippen LogP contribution in [-0.2, 0) is 11.2 Å². The van der Waals surface area contributed by atoms with Gasteiger partial charge in [-0.05, 0) is 41.8 Å². The van der Waals surface area contributed by atoms with Crippen LogP contribution in [0.3, 0.4) is 0 Å². The van der Waals surface area contributed by atoms with Crippen LogP contribution in [0.25, 0.3) is 11.6 Å².